The molecule has 0 aromatic carbocycles. The molecule has 1 saturated heterocycles. The van der Waals surface area contributed by atoms with Gasteiger partial charge in [-0.25, -0.2) is 0 Å². The minimum Gasteiger partial charge on any atom is -0.383 e. The van der Waals surface area contributed by atoms with Crippen LogP contribution < -0.4 is 0 Å². The Morgan fingerprint density at radius 2 is 2.50 bits per heavy atom. The third-order valence-electron chi connectivity index (χ3n) is 1.88. The molecule has 0 radical (unpaired) electrons. The van der Waals surface area contributed by atoms with Crippen molar-refractivity contribution in [3.05, 3.63) is 0 Å². The summed E-state index contributed by atoms with van der Waals surface area (Å²) in [6.07, 6.45) is 0.837. The summed E-state index contributed by atoms with van der Waals surface area (Å²) in [5.74, 6) is -0.103. The van der Waals surface area contributed by atoms with Crippen LogP contribution in [0.5, 0.6) is 0 Å². The Morgan fingerprint density at radius 1 is 1.80 bits per heavy atom. The van der Waals surface area contributed by atoms with Crippen molar-refractivity contribution in [2.24, 2.45) is 0 Å². The Labute approximate surface area is 60.6 Å². The number of carbonyl (C=O) groups is 1. The second-order valence-corrected chi connectivity index (χ2v) is 2.58. The first-order valence-electron chi connectivity index (χ1n) is 3.72. The fraction of sp³-hybridized carbons (Fsp3) is 0.857. The summed E-state index contributed by atoms with van der Waals surface area (Å²) in [6, 6.07) is 0. The maximum atomic E-state index is 11.0. The van der Waals surface area contributed by atoms with Gasteiger partial charge in [0.1, 0.15) is 6.10 Å². The van der Waals surface area contributed by atoms with Gasteiger partial charge in [-0.1, -0.05) is 0 Å². The van der Waals surface area contributed by atoms with Crippen molar-refractivity contribution < 1.29 is 9.90 Å². The standard InChI is InChI=1S/C7H13NO2/c1-2-8-5-3-4-6(9)7(8)10/h6,9H,2-5H2,1H3/t6-/m1/s1. The largest absolute Gasteiger partial charge is 0.383 e. The molecule has 0 bridgehead atoms. The summed E-state index contributed by atoms with van der Waals surface area (Å²) in [6.45, 7) is 3.46. The van der Waals surface area contributed by atoms with Gasteiger partial charge in [0.2, 0.25) is 0 Å². The second-order valence-electron chi connectivity index (χ2n) is 2.58. The maximum Gasteiger partial charge on any atom is 0.251 e. The van der Waals surface area contributed by atoms with Crippen molar-refractivity contribution in [3.8, 4) is 0 Å². The van der Waals surface area contributed by atoms with Gasteiger partial charge in [0.25, 0.3) is 5.91 Å². The van der Waals surface area contributed by atoms with Crippen LogP contribution in [0.3, 0.4) is 0 Å². The van der Waals surface area contributed by atoms with Gasteiger partial charge < -0.3 is 10.0 Å². The van der Waals surface area contributed by atoms with Gasteiger partial charge in [0.15, 0.2) is 0 Å². The molecule has 3 nitrogen and oxygen atoms in total. The fourth-order valence-electron chi connectivity index (χ4n) is 1.23. The summed E-state index contributed by atoms with van der Waals surface area (Å²) in [4.78, 5) is 12.7. The molecule has 1 aliphatic rings. The van der Waals surface area contributed by atoms with Crippen LogP contribution in [-0.4, -0.2) is 35.1 Å². The zero-order valence-electron chi connectivity index (χ0n) is 6.21. The topological polar surface area (TPSA) is 40.5 Å². The van der Waals surface area contributed by atoms with Crippen molar-refractivity contribution in [1.29, 1.82) is 0 Å². The zero-order chi connectivity index (χ0) is 7.56. The van der Waals surface area contributed by atoms with E-state index in [1.165, 1.54) is 0 Å². The number of hydrogen-bond acceptors (Lipinski definition) is 2. The molecular formula is C7H13NO2. The molecule has 0 aliphatic carbocycles. The molecule has 0 spiro atoms. The second kappa shape index (κ2) is 3.01. The predicted octanol–water partition coefficient (Wildman–Crippen LogP) is -0.0104. The highest BCUT2D eigenvalue weighted by atomic mass is 16.3. The van der Waals surface area contributed by atoms with Crippen molar-refractivity contribution in [3.63, 3.8) is 0 Å². The molecule has 1 N–H and O–H groups in total. The van der Waals surface area contributed by atoms with Crippen LogP contribution in [0, 0.1) is 0 Å². The van der Waals surface area contributed by atoms with E-state index in [4.69, 9.17) is 5.11 Å². The van der Waals surface area contributed by atoms with Crippen molar-refractivity contribution in [2.75, 3.05) is 13.1 Å². The number of aliphatic hydroxyl groups excluding tert-OH is 1. The van der Waals surface area contributed by atoms with Crippen LogP contribution >= 0.6 is 0 Å². The summed E-state index contributed by atoms with van der Waals surface area (Å²) in [7, 11) is 0. The van der Waals surface area contributed by atoms with Crippen molar-refractivity contribution in [2.45, 2.75) is 25.9 Å². The van der Waals surface area contributed by atoms with E-state index in [0.717, 1.165) is 19.5 Å². The summed E-state index contributed by atoms with van der Waals surface area (Å²) < 4.78 is 0. The fourth-order valence-corrected chi connectivity index (χ4v) is 1.23. The van der Waals surface area contributed by atoms with E-state index in [1.807, 2.05) is 6.92 Å². The average Bonchev–Trinajstić information content (AvgIpc) is 1.95. The van der Waals surface area contributed by atoms with Gasteiger partial charge in [-0.15, -0.1) is 0 Å². The number of nitrogens with zero attached hydrogens (tertiary/aromatic N) is 1. The van der Waals surface area contributed by atoms with Gasteiger partial charge >= 0.3 is 0 Å². The molecule has 1 atom stereocenters. The molecular weight excluding hydrogens is 130 g/mol. The number of likely N-dealkylation sites (tertiary alicyclic amines) is 1. The number of piperidine rings is 1. The third kappa shape index (κ3) is 1.29. The SMILES string of the molecule is CCN1CCC[C@@H](O)C1=O. The molecule has 1 heterocycles. The molecule has 1 aliphatic heterocycles. The Morgan fingerprint density at radius 3 is 3.00 bits per heavy atom. The van der Waals surface area contributed by atoms with Gasteiger partial charge in [0, 0.05) is 13.1 Å². The molecule has 1 amide bonds. The van der Waals surface area contributed by atoms with E-state index in [0.29, 0.717) is 6.42 Å². The molecule has 1 fully saturated rings. The molecule has 10 heavy (non-hydrogen) atoms. The predicted molar refractivity (Wildman–Crippen MR) is 37.5 cm³/mol. The number of rotatable bonds is 1. The Kier molecular flexibility index (Phi) is 2.27. The maximum absolute atomic E-state index is 11.0. The van der Waals surface area contributed by atoms with E-state index in [2.05, 4.69) is 0 Å². The van der Waals surface area contributed by atoms with Crippen LogP contribution in [0.15, 0.2) is 0 Å². The molecule has 58 valence electrons. The van der Waals surface area contributed by atoms with Gasteiger partial charge in [0.05, 0.1) is 0 Å². The zero-order valence-corrected chi connectivity index (χ0v) is 6.21. The number of amides is 1. The van der Waals surface area contributed by atoms with Crippen molar-refractivity contribution in [1.82, 2.24) is 4.90 Å². The quantitative estimate of drug-likeness (QED) is 0.561. The normalized spacial score (nSPS) is 27.2. The minimum absolute atomic E-state index is 0.103. The van der Waals surface area contributed by atoms with E-state index in [-0.39, 0.29) is 5.91 Å². The molecule has 0 aromatic heterocycles. The first kappa shape index (κ1) is 7.54. The van der Waals surface area contributed by atoms with Crippen molar-refractivity contribution >= 4 is 5.91 Å². The van der Waals surface area contributed by atoms with Crippen LogP contribution in [-0.2, 0) is 4.79 Å². The first-order chi connectivity index (χ1) is 4.75. The van der Waals surface area contributed by atoms with Gasteiger partial charge in [-0.2, -0.15) is 0 Å². The number of likely N-dealkylation sites (N-methyl/N-ethyl adjacent to an activating group) is 1. The van der Waals surface area contributed by atoms with Crippen LogP contribution in [0.25, 0.3) is 0 Å². The molecule has 1 rings (SSSR count). The highest BCUT2D eigenvalue weighted by Gasteiger charge is 2.24. The lowest BCUT2D eigenvalue weighted by Gasteiger charge is -2.28. The molecule has 0 saturated carbocycles. The van der Waals surface area contributed by atoms with Crippen LogP contribution in [0.2, 0.25) is 0 Å². The number of hydrogen-bond donors (Lipinski definition) is 1. The minimum atomic E-state index is -0.728. The molecule has 0 aromatic rings. The third-order valence-corrected chi connectivity index (χ3v) is 1.88. The van der Waals surface area contributed by atoms with Gasteiger partial charge in [-0.3, -0.25) is 4.79 Å². The Balaban J connectivity index is 2.51. The lowest BCUT2D eigenvalue weighted by Crippen LogP contribution is -2.43. The van der Waals surface area contributed by atoms with E-state index in [1.54, 1.807) is 4.90 Å². The molecule has 0 unspecified atom stereocenters. The van der Waals surface area contributed by atoms with Crippen LogP contribution in [0.1, 0.15) is 19.8 Å². The number of aliphatic hydroxyl groups is 1. The molecule has 3 heteroatoms. The van der Waals surface area contributed by atoms with Gasteiger partial charge in [-0.05, 0) is 19.8 Å². The first-order valence-corrected chi connectivity index (χ1v) is 3.72. The Hall–Kier alpha value is -0.570. The average molecular weight is 143 g/mol. The smallest absolute Gasteiger partial charge is 0.251 e. The summed E-state index contributed by atoms with van der Waals surface area (Å²) in [5, 5.41) is 9.09. The Bertz CT molecular complexity index is 136. The van der Waals surface area contributed by atoms with E-state index < -0.39 is 6.10 Å². The van der Waals surface area contributed by atoms with Crippen LogP contribution in [0.4, 0.5) is 0 Å². The lowest BCUT2D eigenvalue weighted by molar-refractivity contribution is -0.143. The highest BCUT2D eigenvalue weighted by molar-refractivity contribution is 5.81. The van der Waals surface area contributed by atoms with E-state index >= 15 is 0 Å². The monoisotopic (exact) mass is 143 g/mol. The summed E-state index contributed by atoms with van der Waals surface area (Å²) in [5.41, 5.74) is 0. The number of carbonyl (C=O) groups excluding carboxylic acids is 1. The van der Waals surface area contributed by atoms with E-state index in [9.17, 15) is 4.79 Å². The highest BCUT2D eigenvalue weighted by Crippen LogP contribution is 2.10. The summed E-state index contributed by atoms with van der Waals surface area (Å²) >= 11 is 0. The lowest BCUT2D eigenvalue weighted by atomic mass is 10.1.